The molecule has 1 aromatic carbocycles. The Kier molecular flexibility index (Phi) is 4.89. The minimum Gasteiger partial charge on any atom is -0.390 e. The van der Waals surface area contributed by atoms with Crippen molar-refractivity contribution in [2.75, 3.05) is 40.9 Å². The van der Waals surface area contributed by atoms with Crippen molar-refractivity contribution in [1.29, 1.82) is 0 Å². The van der Waals surface area contributed by atoms with E-state index in [1.165, 1.54) is 0 Å². The van der Waals surface area contributed by atoms with E-state index in [9.17, 15) is 9.90 Å². The summed E-state index contributed by atoms with van der Waals surface area (Å²) in [5.74, 6) is -0.0364. The van der Waals surface area contributed by atoms with E-state index in [0.717, 1.165) is 10.9 Å². The van der Waals surface area contributed by atoms with Crippen molar-refractivity contribution in [3.05, 3.63) is 36.0 Å². The highest BCUT2D eigenvalue weighted by Crippen LogP contribution is 2.23. The number of rotatable bonds is 5. The maximum absolute atomic E-state index is 13.0. The average Bonchev–Trinajstić information content (AvgIpc) is 3.13. The maximum Gasteiger partial charge on any atom is 0.270 e. The Morgan fingerprint density at radius 3 is 2.75 bits per heavy atom. The van der Waals surface area contributed by atoms with E-state index < -0.39 is 6.10 Å². The van der Waals surface area contributed by atoms with Crippen molar-refractivity contribution < 1.29 is 14.6 Å². The molecule has 0 radical (unpaired) electrons. The molecule has 1 fully saturated rings. The second-order valence-corrected chi connectivity index (χ2v) is 6.54. The van der Waals surface area contributed by atoms with E-state index in [1.807, 2.05) is 53.9 Å². The third-order valence-electron chi connectivity index (χ3n) is 4.76. The van der Waals surface area contributed by atoms with Gasteiger partial charge in [-0.2, -0.15) is 0 Å². The van der Waals surface area contributed by atoms with Gasteiger partial charge >= 0.3 is 0 Å². The van der Waals surface area contributed by atoms with Crippen molar-refractivity contribution in [1.82, 2.24) is 14.4 Å². The lowest BCUT2D eigenvalue weighted by atomic mass is 10.2. The third-order valence-corrected chi connectivity index (χ3v) is 4.76. The van der Waals surface area contributed by atoms with Gasteiger partial charge < -0.3 is 24.2 Å². The van der Waals surface area contributed by atoms with Crippen molar-refractivity contribution in [3.63, 3.8) is 0 Å². The largest absolute Gasteiger partial charge is 0.390 e. The highest BCUT2D eigenvalue weighted by atomic mass is 16.5. The van der Waals surface area contributed by atoms with Crippen molar-refractivity contribution in [2.24, 2.45) is 0 Å². The van der Waals surface area contributed by atoms with Crippen LogP contribution < -0.4 is 0 Å². The summed E-state index contributed by atoms with van der Waals surface area (Å²) >= 11 is 0. The molecule has 0 spiro atoms. The zero-order valence-corrected chi connectivity index (χ0v) is 14.5. The van der Waals surface area contributed by atoms with Crippen LogP contribution in [0.3, 0.4) is 0 Å². The predicted molar refractivity (Wildman–Crippen MR) is 93.2 cm³/mol. The number of aromatic nitrogens is 1. The number of para-hydroxylation sites is 1. The van der Waals surface area contributed by atoms with Gasteiger partial charge in [-0.3, -0.25) is 4.79 Å². The van der Waals surface area contributed by atoms with E-state index in [2.05, 4.69) is 0 Å². The van der Waals surface area contributed by atoms with Gasteiger partial charge in [-0.1, -0.05) is 18.2 Å². The number of likely N-dealkylation sites (tertiary alicyclic amines) is 1. The molecule has 0 saturated carbocycles. The number of hydrogen-bond acceptors (Lipinski definition) is 4. The van der Waals surface area contributed by atoms with Gasteiger partial charge in [-0.15, -0.1) is 0 Å². The first-order valence-corrected chi connectivity index (χ1v) is 8.24. The molecule has 24 heavy (non-hydrogen) atoms. The van der Waals surface area contributed by atoms with Crippen LogP contribution in [0.4, 0.5) is 0 Å². The number of fused-ring (bicyclic) bond motifs is 1. The molecule has 6 heteroatoms. The van der Waals surface area contributed by atoms with Crippen LogP contribution in [0.1, 0.15) is 10.5 Å². The minimum absolute atomic E-state index is 0.0225. The summed E-state index contributed by atoms with van der Waals surface area (Å²) in [7, 11) is 5.51. The Labute approximate surface area is 142 Å². The molecule has 1 saturated heterocycles. The summed E-state index contributed by atoms with van der Waals surface area (Å²) in [6, 6.07) is 9.88. The van der Waals surface area contributed by atoms with E-state index in [-0.39, 0.29) is 11.9 Å². The molecule has 1 aromatic heterocycles. The number of nitrogens with zero attached hydrogens (tertiary/aromatic N) is 3. The van der Waals surface area contributed by atoms with Crippen molar-refractivity contribution in [3.8, 4) is 0 Å². The van der Waals surface area contributed by atoms with Gasteiger partial charge in [0.15, 0.2) is 0 Å². The van der Waals surface area contributed by atoms with Crippen LogP contribution in [0.2, 0.25) is 0 Å². The molecule has 0 bridgehead atoms. The smallest absolute Gasteiger partial charge is 0.270 e. The third kappa shape index (κ3) is 3.05. The van der Waals surface area contributed by atoms with E-state index in [1.54, 1.807) is 12.0 Å². The number of carbonyl (C=O) groups excluding carboxylic acids is 1. The average molecular weight is 331 g/mol. The first-order valence-electron chi connectivity index (χ1n) is 8.24. The highest BCUT2D eigenvalue weighted by molar-refractivity contribution is 5.99. The molecular weight excluding hydrogens is 306 g/mol. The van der Waals surface area contributed by atoms with Crippen LogP contribution in [-0.2, 0) is 11.3 Å². The van der Waals surface area contributed by atoms with Gasteiger partial charge in [-0.05, 0) is 26.2 Å². The molecule has 1 amide bonds. The van der Waals surface area contributed by atoms with Crippen molar-refractivity contribution in [2.45, 2.75) is 18.7 Å². The van der Waals surface area contributed by atoms with Gasteiger partial charge in [0, 0.05) is 37.6 Å². The van der Waals surface area contributed by atoms with Gasteiger partial charge in [-0.25, -0.2) is 0 Å². The monoisotopic (exact) mass is 331 g/mol. The quantitative estimate of drug-likeness (QED) is 0.889. The second kappa shape index (κ2) is 6.93. The molecule has 1 aliphatic rings. The fourth-order valence-electron chi connectivity index (χ4n) is 3.42. The second-order valence-electron chi connectivity index (χ2n) is 6.54. The molecular formula is C18H25N3O3. The number of ether oxygens (including phenoxy) is 1. The maximum atomic E-state index is 13.0. The molecule has 0 aliphatic carbocycles. The predicted octanol–water partition coefficient (Wildman–Crippen LogP) is 1.03. The Hall–Kier alpha value is -1.89. The topological polar surface area (TPSA) is 57.9 Å². The SMILES string of the molecule is COCCn1c(C(=O)N2C[C@H](O)[C@@H](N(C)C)C2)cc2ccccc21. The highest BCUT2D eigenvalue weighted by Gasteiger charge is 2.36. The number of methoxy groups -OCH3 is 1. The molecule has 130 valence electrons. The standard InChI is InChI=1S/C18H25N3O3/c1-19(2)16-11-20(12-17(16)22)18(23)15-10-13-6-4-5-7-14(13)21(15)8-9-24-3/h4-7,10,16-17,22H,8-9,11-12H2,1-3H3/t16-,17-/m0/s1. The Balaban J connectivity index is 1.92. The number of amides is 1. The molecule has 2 aromatic rings. The van der Waals surface area contributed by atoms with Crippen LogP contribution in [0.25, 0.3) is 10.9 Å². The Morgan fingerprint density at radius 2 is 2.08 bits per heavy atom. The first-order chi connectivity index (χ1) is 11.5. The van der Waals surface area contributed by atoms with Crippen LogP contribution in [0, 0.1) is 0 Å². The lowest BCUT2D eigenvalue weighted by molar-refractivity contribution is 0.0751. The molecule has 2 atom stereocenters. The van der Waals surface area contributed by atoms with Gasteiger partial charge in [0.2, 0.25) is 0 Å². The summed E-state index contributed by atoms with van der Waals surface area (Å²) in [6.45, 7) is 2.08. The van der Waals surface area contributed by atoms with E-state index in [0.29, 0.717) is 31.9 Å². The molecule has 1 aliphatic heterocycles. The summed E-state index contributed by atoms with van der Waals surface area (Å²) in [5, 5.41) is 11.3. The summed E-state index contributed by atoms with van der Waals surface area (Å²) in [6.07, 6.45) is -0.513. The van der Waals surface area contributed by atoms with Crippen LogP contribution in [0.5, 0.6) is 0 Å². The number of aliphatic hydroxyl groups excluding tert-OH is 1. The molecule has 6 nitrogen and oxygen atoms in total. The number of benzene rings is 1. The number of aliphatic hydroxyl groups is 1. The van der Waals surface area contributed by atoms with Gasteiger partial charge in [0.1, 0.15) is 5.69 Å². The Morgan fingerprint density at radius 1 is 1.33 bits per heavy atom. The van der Waals surface area contributed by atoms with Gasteiger partial charge in [0.25, 0.3) is 5.91 Å². The number of hydrogen-bond donors (Lipinski definition) is 1. The van der Waals surface area contributed by atoms with Crippen molar-refractivity contribution >= 4 is 16.8 Å². The zero-order valence-electron chi connectivity index (χ0n) is 14.5. The number of likely N-dealkylation sites (N-methyl/N-ethyl adjacent to an activating group) is 1. The van der Waals surface area contributed by atoms with Gasteiger partial charge in [0.05, 0.1) is 18.8 Å². The number of carbonyl (C=O) groups is 1. The van der Waals surface area contributed by atoms with Crippen LogP contribution in [0.15, 0.2) is 30.3 Å². The summed E-state index contributed by atoms with van der Waals surface area (Å²) in [5.41, 5.74) is 1.68. The lowest BCUT2D eigenvalue weighted by Gasteiger charge is -2.21. The lowest BCUT2D eigenvalue weighted by Crippen LogP contribution is -2.38. The van der Waals surface area contributed by atoms with Crippen LogP contribution >= 0.6 is 0 Å². The zero-order chi connectivity index (χ0) is 17.3. The minimum atomic E-state index is -0.513. The summed E-state index contributed by atoms with van der Waals surface area (Å²) in [4.78, 5) is 16.8. The normalized spacial score (nSPS) is 21.1. The number of β-amino-alcohol motifs (C(OH)–C–C–N with tert-alkyl or cyclic N) is 1. The fraction of sp³-hybridized carbons (Fsp3) is 0.500. The first kappa shape index (κ1) is 17.0. The summed E-state index contributed by atoms with van der Waals surface area (Å²) < 4.78 is 7.21. The Bertz CT molecular complexity index is 725. The molecule has 1 N–H and O–H groups in total. The fourth-order valence-corrected chi connectivity index (χ4v) is 3.42. The van der Waals surface area contributed by atoms with E-state index in [4.69, 9.17) is 4.74 Å². The van der Waals surface area contributed by atoms with Crippen LogP contribution in [-0.4, -0.2) is 78.4 Å². The van der Waals surface area contributed by atoms with E-state index >= 15 is 0 Å². The molecule has 2 heterocycles. The molecule has 3 rings (SSSR count). The molecule has 0 unspecified atom stereocenters.